The molecular weight excluding hydrogens is 1810 g/mol. The number of unbranched alkanes of at least 4 members (excludes halogenated alkanes) is 42. The van der Waals surface area contributed by atoms with Crippen molar-refractivity contribution in [1.82, 2.24) is 20.3 Å². The van der Waals surface area contributed by atoms with Gasteiger partial charge in [0.1, 0.15) is 11.0 Å². The van der Waals surface area contributed by atoms with Crippen molar-refractivity contribution in [2.45, 2.75) is 405 Å². The summed E-state index contributed by atoms with van der Waals surface area (Å²) in [5.74, 6) is 0. The van der Waals surface area contributed by atoms with E-state index in [9.17, 15) is 0 Å². The van der Waals surface area contributed by atoms with Crippen molar-refractivity contribution >= 4 is 57.1 Å². The summed E-state index contributed by atoms with van der Waals surface area (Å²) in [4.78, 5) is 10.9. The van der Waals surface area contributed by atoms with Crippen LogP contribution >= 0.6 is 0 Å². The molecule has 0 radical (unpaired) electrons. The number of rotatable bonds is 64. The molecule has 3 aliphatic carbocycles. The van der Waals surface area contributed by atoms with Crippen molar-refractivity contribution in [2.24, 2.45) is 0 Å². The summed E-state index contributed by atoms with van der Waals surface area (Å²) < 4.78 is 5.77. The van der Waals surface area contributed by atoms with Gasteiger partial charge in [0, 0.05) is 38.1 Å². The molecule has 12 aromatic carbocycles. The Morgan fingerprint density at radius 3 is 0.720 bits per heavy atom. The molecule has 780 valence electrons. The summed E-state index contributed by atoms with van der Waals surface area (Å²) in [6.45, 7) is 14.1. The minimum atomic E-state index is -0.271. The Hall–Kier alpha value is -11.7. The summed E-state index contributed by atoms with van der Waals surface area (Å²) in [7, 11) is 0. The van der Waals surface area contributed by atoms with E-state index in [1.54, 1.807) is 16.7 Å². The Bertz CT molecular complexity index is 6840. The summed E-state index contributed by atoms with van der Waals surface area (Å²) in [6, 6.07) is 104. The van der Waals surface area contributed by atoms with E-state index in [4.69, 9.17) is 19.8 Å². The van der Waals surface area contributed by atoms with Crippen LogP contribution in [0.25, 0.3) is 157 Å². The van der Waals surface area contributed by atoms with E-state index in [0.29, 0.717) is 0 Å². The zero-order chi connectivity index (χ0) is 103. The molecule has 0 N–H and O–H groups in total. The smallest absolute Gasteiger partial charge is 0.143 e. The molecule has 18 rings (SSSR count). The molecular formula is C145H174N4O. The van der Waals surface area contributed by atoms with E-state index in [1.165, 1.54) is 414 Å². The van der Waals surface area contributed by atoms with Crippen molar-refractivity contribution in [1.29, 1.82) is 0 Å². The second kappa shape index (κ2) is 55.1. The number of aromatic nitrogens is 4. The predicted molar refractivity (Wildman–Crippen MR) is 648 cm³/mol. The number of benzene rings is 12. The topological polar surface area (TPSA) is 64.7 Å². The maximum Gasteiger partial charge on any atom is 0.143 e. The molecule has 0 atom stereocenters. The number of fused-ring (bicyclic) bond motifs is 12. The second-order valence-electron chi connectivity index (χ2n) is 45.6. The van der Waals surface area contributed by atoms with E-state index >= 15 is 0 Å². The Morgan fingerprint density at radius 1 is 0.187 bits per heavy atom. The van der Waals surface area contributed by atoms with Crippen molar-refractivity contribution in [3.05, 3.63) is 323 Å². The summed E-state index contributed by atoms with van der Waals surface area (Å²) in [5, 5.41) is 11.7. The van der Waals surface area contributed by atoms with Gasteiger partial charge in [0.15, 0.2) is 0 Å². The van der Waals surface area contributed by atoms with E-state index < -0.39 is 0 Å². The summed E-state index contributed by atoms with van der Waals surface area (Å²) in [6.07, 6.45) is 78.4. The standard InChI is InChI=1S/C145H174N4O/c1-7-13-19-25-31-37-43-59-95-143(96-60-44-38-32-26-20-14-8-2)133-103-113(109-65-51-49-52-66-109)77-87-125(133)126-88-78-114(104-134(126)143)115-79-89-127-129-91-81-119(107-137(129)144(135(127)105-115,97-61-45-39-33-27-21-15-9-3)98-62-46-40-34-28-22-16-10-4)131-101-117(76-86-122-84-74-112-70-56-58-72-140(112)147-122)132(102-116(131)75-85-121-83-73-111-69-55-57-71-139(111)146-121)120-82-92-130-128-90-80-118(124-94-93-123(110-67-53-50-54-68-110)141-142(124)149-150-148-141)106-136(128)145(138(130)108-120,99-63-47-41-35-29-23-17-11-5)100-64-48-42-36-30-24-18-12-6/h49-58,65-94,101-108H,7-48,59-64,95-100H2,1-6H3/b85-75+,86-76+. The van der Waals surface area contributed by atoms with Crippen LogP contribution in [0.3, 0.4) is 0 Å². The minimum absolute atomic E-state index is 0.0921. The van der Waals surface area contributed by atoms with Gasteiger partial charge >= 0.3 is 0 Å². The van der Waals surface area contributed by atoms with Gasteiger partial charge in [-0.3, -0.25) is 0 Å². The Labute approximate surface area is 903 Å². The molecule has 0 unspecified atom stereocenters. The van der Waals surface area contributed by atoms with E-state index in [0.717, 1.165) is 105 Å². The summed E-state index contributed by atoms with van der Waals surface area (Å²) in [5.41, 5.74) is 39.6. The molecule has 3 aromatic heterocycles. The first kappa shape index (κ1) is 108. The highest BCUT2D eigenvalue weighted by Gasteiger charge is 2.47. The van der Waals surface area contributed by atoms with Crippen molar-refractivity contribution in [3.8, 4) is 100 Å². The van der Waals surface area contributed by atoms with Gasteiger partial charge in [0.05, 0.1) is 22.4 Å². The van der Waals surface area contributed by atoms with Crippen LogP contribution in [0.15, 0.2) is 272 Å². The van der Waals surface area contributed by atoms with E-state index in [2.05, 4.69) is 338 Å². The fraction of sp³-hybridized carbons (Fsp3) is 0.434. The van der Waals surface area contributed by atoms with E-state index in [-0.39, 0.29) is 16.2 Å². The molecule has 0 spiro atoms. The maximum atomic E-state index is 5.77. The van der Waals surface area contributed by atoms with Crippen LogP contribution in [-0.2, 0) is 16.2 Å². The number of hydrogen-bond donors (Lipinski definition) is 0. The van der Waals surface area contributed by atoms with Crippen LogP contribution in [0.2, 0.25) is 0 Å². The van der Waals surface area contributed by atoms with Gasteiger partial charge in [-0.05, 0) is 267 Å². The second-order valence-corrected chi connectivity index (χ2v) is 45.6. The van der Waals surface area contributed by atoms with Crippen LogP contribution in [0.4, 0.5) is 0 Å². The molecule has 0 saturated carbocycles. The lowest BCUT2D eigenvalue weighted by molar-refractivity contribution is 0.315. The molecule has 0 amide bonds. The highest BCUT2D eigenvalue weighted by Crippen LogP contribution is 2.61. The SMILES string of the molecule is CCCCCCCCCCC1(CCCCCCCCCC)c2cc(-c3ccccc3)ccc2-c2ccc(-c3ccc4c(c3)C(CCCCCCCCCC)(CCCCCCCCCC)c3cc(-c5cc(/C=C/c6ccc7ccccc7n6)c(-c6ccc7c(c6)C(CCCCCCCCCC)(CCCCCCCCCC)c6cc(-c8ccc(-c9ccccc9)c9nonc89)ccc6-7)cc5/C=C/c5ccc6ccccc6n5)ccc3-4)cc21. The third kappa shape index (κ3) is 26.1. The maximum absolute atomic E-state index is 5.77. The Balaban J connectivity index is 0.805. The molecule has 0 saturated heterocycles. The quantitative estimate of drug-likeness (QED) is 0.0356. The fourth-order valence-corrected chi connectivity index (χ4v) is 26.6. The van der Waals surface area contributed by atoms with Crippen LogP contribution in [-0.4, -0.2) is 20.3 Å². The molecule has 3 heterocycles. The first-order chi connectivity index (χ1) is 74.2. The molecule has 150 heavy (non-hydrogen) atoms. The van der Waals surface area contributed by atoms with Crippen LogP contribution in [0, 0.1) is 0 Å². The lowest BCUT2D eigenvalue weighted by Gasteiger charge is -2.34. The predicted octanol–water partition coefficient (Wildman–Crippen LogP) is 44.6. The number of pyridine rings is 2. The molecule has 5 nitrogen and oxygen atoms in total. The lowest BCUT2D eigenvalue weighted by atomic mass is 9.69. The number of nitrogens with zero attached hydrogens (tertiary/aromatic N) is 4. The minimum Gasteiger partial charge on any atom is -0.248 e. The Kier molecular flexibility index (Phi) is 39.7. The highest BCUT2D eigenvalue weighted by atomic mass is 16.6. The van der Waals surface area contributed by atoms with Gasteiger partial charge in [0.25, 0.3) is 0 Å². The van der Waals surface area contributed by atoms with Gasteiger partial charge in [0.2, 0.25) is 0 Å². The van der Waals surface area contributed by atoms with Crippen molar-refractivity contribution < 1.29 is 4.63 Å². The molecule has 0 aliphatic heterocycles. The Morgan fingerprint density at radius 2 is 0.420 bits per heavy atom. The monoisotopic (exact) mass is 1990 g/mol. The fourth-order valence-electron chi connectivity index (χ4n) is 26.6. The molecule has 15 aromatic rings. The zero-order valence-corrected chi connectivity index (χ0v) is 92.6. The van der Waals surface area contributed by atoms with Crippen molar-refractivity contribution in [2.75, 3.05) is 0 Å². The zero-order valence-electron chi connectivity index (χ0n) is 92.6. The molecule has 0 fully saturated rings. The van der Waals surface area contributed by atoms with Gasteiger partial charge in [-0.2, -0.15) is 0 Å². The van der Waals surface area contributed by atoms with Gasteiger partial charge in [-0.15, -0.1) is 0 Å². The van der Waals surface area contributed by atoms with Crippen LogP contribution < -0.4 is 0 Å². The first-order valence-electron chi connectivity index (χ1n) is 60.7. The molecule has 3 aliphatic rings. The van der Waals surface area contributed by atoms with Crippen molar-refractivity contribution in [3.63, 3.8) is 0 Å². The normalized spacial score (nSPS) is 13.5. The summed E-state index contributed by atoms with van der Waals surface area (Å²) >= 11 is 0. The van der Waals surface area contributed by atoms with Gasteiger partial charge in [-0.1, -0.05) is 556 Å². The van der Waals surface area contributed by atoms with E-state index in [1.807, 2.05) is 0 Å². The third-order valence-corrected chi connectivity index (χ3v) is 35.0. The average molecular weight is 1990 g/mol. The van der Waals surface area contributed by atoms with Gasteiger partial charge < -0.3 is 0 Å². The first-order valence-corrected chi connectivity index (χ1v) is 60.7. The highest BCUT2D eigenvalue weighted by molar-refractivity contribution is 6.02. The molecule has 0 bridgehead atoms. The molecule has 5 heteroatoms. The largest absolute Gasteiger partial charge is 0.248 e. The lowest BCUT2D eigenvalue weighted by Crippen LogP contribution is -2.26. The average Bonchev–Trinajstić information content (AvgIpc) is 1.56. The number of hydrogen-bond acceptors (Lipinski definition) is 5. The van der Waals surface area contributed by atoms with Gasteiger partial charge in [-0.25, -0.2) is 14.6 Å². The van der Waals surface area contributed by atoms with Crippen LogP contribution in [0.1, 0.15) is 444 Å². The third-order valence-electron chi connectivity index (χ3n) is 35.0. The van der Waals surface area contributed by atoms with Crippen LogP contribution in [0.5, 0.6) is 0 Å². The number of para-hydroxylation sites is 2.